The van der Waals surface area contributed by atoms with E-state index in [4.69, 9.17) is 19.9 Å². The predicted octanol–water partition coefficient (Wildman–Crippen LogP) is 3.63. The van der Waals surface area contributed by atoms with Gasteiger partial charge in [-0.1, -0.05) is 18.9 Å². The van der Waals surface area contributed by atoms with Crippen molar-refractivity contribution in [1.82, 2.24) is 5.32 Å². The van der Waals surface area contributed by atoms with Gasteiger partial charge in [-0.25, -0.2) is 0 Å². The second kappa shape index (κ2) is 8.77. The fourth-order valence-electron chi connectivity index (χ4n) is 3.32. The molecule has 6 nitrogen and oxygen atoms in total. The monoisotopic (exact) mass is 370 g/mol. The smallest absolute Gasteiger partial charge is 0.251 e. The Morgan fingerprint density at radius 2 is 1.78 bits per heavy atom. The van der Waals surface area contributed by atoms with E-state index in [-0.39, 0.29) is 11.9 Å². The van der Waals surface area contributed by atoms with Gasteiger partial charge in [-0.2, -0.15) is 0 Å². The van der Waals surface area contributed by atoms with Gasteiger partial charge >= 0.3 is 0 Å². The molecule has 2 aromatic carbocycles. The van der Waals surface area contributed by atoms with Crippen molar-refractivity contribution >= 4 is 5.91 Å². The number of hydrogen-bond donors (Lipinski definition) is 2. The summed E-state index contributed by atoms with van der Waals surface area (Å²) in [4.78, 5) is 12.5. The maximum absolute atomic E-state index is 12.5. The van der Waals surface area contributed by atoms with Crippen molar-refractivity contribution in [1.29, 1.82) is 0 Å². The van der Waals surface area contributed by atoms with Crippen molar-refractivity contribution in [2.75, 3.05) is 14.2 Å². The molecular weight excluding hydrogens is 344 g/mol. The quantitative estimate of drug-likeness (QED) is 0.778. The summed E-state index contributed by atoms with van der Waals surface area (Å²) < 4.78 is 16.7. The molecule has 1 amide bonds. The molecule has 3 N–H and O–H groups in total. The summed E-state index contributed by atoms with van der Waals surface area (Å²) in [6.45, 7) is 0.379. The minimum Gasteiger partial charge on any atom is -0.496 e. The Kier molecular flexibility index (Phi) is 6.19. The molecule has 0 spiro atoms. The molecule has 0 aliphatic heterocycles. The van der Waals surface area contributed by atoms with Crippen LogP contribution >= 0.6 is 0 Å². The van der Waals surface area contributed by atoms with Gasteiger partial charge in [0.25, 0.3) is 5.91 Å². The topological polar surface area (TPSA) is 82.8 Å². The van der Waals surface area contributed by atoms with Crippen LogP contribution in [-0.4, -0.2) is 26.2 Å². The zero-order chi connectivity index (χ0) is 19.2. The first-order valence-electron chi connectivity index (χ1n) is 9.18. The van der Waals surface area contributed by atoms with E-state index in [1.807, 2.05) is 12.1 Å². The zero-order valence-electron chi connectivity index (χ0n) is 15.8. The second-order valence-electron chi connectivity index (χ2n) is 6.60. The molecular formula is C21H26N2O4. The SMILES string of the molecule is COc1cc(Oc2cc(C(=O)NC3CCCC3)ccc2OC)ccc1CN. The summed E-state index contributed by atoms with van der Waals surface area (Å²) in [6, 6.07) is 10.9. The van der Waals surface area contributed by atoms with Gasteiger partial charge in [0, 0.05) is 29.8 Å². The van der Waals surface area contributed by atoms with E-state index < -0.39 is 0 Å². The van der Waals surface area contributed by atoms with Crippen molar-refractivity contribution in [3.05, 3.63) is 47.5 Å². The zero-order valence-corrected chi connectivity index (χ0v) is 15.8. The highest BCUT2D eigenvalue weighted by Crippen LogP contribution is 2.34. The number of nitrogens with two attached hydrogens (primary N) is 1. The number of ether oxygens (including phenoxy) is 3. The lowest BCUT2D eigenvalue weighted by molar-refractivity contribution is 0.0937. The number of carbonyl (C=O) groups excluding carboxylic acids is 1. The molecule has 0 saturated heterocycles. The van der Waals surface area contributed by atoms with E-state index >= 15 is 0 Å². The highest BCUT2D eigenvalue weighted by atomic mass is 16.5. The van der Waals surface area contributed by atoms with Crippen LogP contribution in [0.3, 0.4) is 0 Å². The highest BCUT2D eigenvalue weighted by Gasteiger charge is 2.19. The summed E-state index contributed by atoms with van der Waals surface area (Å²) in [7, 11) is 3.16. The fourth-order valence-corrected chi connectivity index (χ4v) is 3.32. The molecule has 6 heteroatoms. The Hall–Kier alpha value is -2.73. The van der Waals surface area contributed by atoms with Crippen LogP contribution in [-0.2, 0) is 6.54 Å². The molecule has 2 aromatic rings. The van der Waals surface area contributed by atoms with Gasteiger partial charge in [0.15, 0.2) is 11.5 Å². The first-order valence-corrected chi connectivity index (χ1v) is 9.18. The Morgan fingerprint density at radius 3 is 2.44 bits per heavy atom. The largest absolute Gasteiger partial charge is 0.496 e. The molecule has 1 aliphatic carbocycles. The van der Waals surface area contributed by atoms with Gasteiger partial charge in [-0.05, 0) is 37.1 Å². The maximum Gasteiger partial charge on any atom is 0.251 e. The molecule has 144 valence electrons. The van der Waals surface area contributed by atoms with E-state index in [9.17, 15) is 4.79 Å². The van der Waals surface area contributed by atoms with Crippen LogP contribution < -0.4 is 25.3 Å². The third-order valence-corrected chi connectivity index (χ3v) is 4.82. The summed E-state index contributed by atoms with van der Waals surface area (Å²) in [5.41, 5.74) is 7.14. The highest BCUT2D eigenvalue weighted by molar-refractivity contribution is 5.95. The summed E-state index contributed by atoms with van der Waals surface area (Å²) in [5.74, 6) is 2.17. The van der Waals surface area contributed by atoms with Gasteiger partial charge in [0.2, 0.25) is 0 Å². The third-order valence-electron chi connectivity index (χ3n) is 4.82. The number of carbonyl (C=O) groups is 1. The number of hydrogen-bond acceptors (Lipinski definition) is 5. The van der Waals surface area contributed by atoms with Crippen LogP contribution in [0.25, 0.3) is 0 Å². The van der Waals surface area contributed by atoms with Gasteiger partial charge in [-0.3, -0.25) is 4.79 Å². The molecule has 0 heterocycles. The van der Waals surface area contributed by atoms with Crippen LogP contribution in [0.2, 0.25) is 0 Å². The molecule has 0 unspecified atom stereocenters. The van der Waals surface area contributed by atoms with Crippen LogP contribution in [0.5, 0.6) is 23.0 Å². The maximum atomic E-state index is 12.5. The average Bonchev–Trinajstić information content (AvgIpc) is 3.20. The number of benzene rings is 2. The minimum absolute atomic E-state index is 0.0922. The minimum atomic E-state index is -0.0922. The summed E-state index contributed by atoms with van der Waals surface area (Å²) in [5, 5.41) is 3.09. The Balaban J connectivity index is 1.82. The summed E-state index contributed by atoms with van der Waals surface area (Å²) in [6.07, 6.45) is 4.42. The molecule has 1 fully saturated rings. The second-order valence-corrected chi connectivity index (χ2v) is 6.60. The molecule has 0 aromatic heterocycles. The molecule has 0 atom stereocenters. The molecule has 1 saturated carbocycles. The number of amides is 1. The molecule has 27 heavy (non-hydrogen) atoms. The van der Waals surface area contributed by atoms with Crippen molar-refractivity contribution in [3.8, 4) is 23.0 Å². The van der Waals surface area contributed by atoms with E-state index in [1.165, 1.54) is 12.8 Å². The lowest BCUT2D eigenvalue weighted by Crippen LogP contribution is -2.32. The van der Waals surface area contributed by atoms with Gasteiger partial charge in [0.1, 0.15) is 11.5 Å². The van der Waals surface area contributed by atoms with Crippen LogP contribution in [0, 0.1) is 0 Å². The molecule has 3 rings (SSSR count). The Morgan fingerprint density at radius 1 is 1.04 bits per heavy atom. The summed E-state index contributed by atoms with van der Waals surface area (Å²) >= 11 is 0. The van der Waals surface area contributed by atoms with Crippen molar-refractivity contribution in [2.45, 2.75) is 38.3 Å². The fraction of sp³-hybridized carbons (Fsp3) is 0.381. The third kappa shape index (κ3) is 4.52. The van der Waals surface area contributed by atoms with E-state index in [1.54, 1.807) is 38.5 Å². The van der Waals surface area contributed by atoms with Crippen molar-refractivity contribution < 1.29 is 19.0 Å². The van der Waals surface area contributed by atoms with Gasteiger partial charge in [-0.15, -0.1) is 0 Å². The number of nitrogens with one attached hydrogen (secondary N) is 1. The van der Waals surface area contributed by atoms with Gasteiger partial charge < -0.3 is 25.3 Å². The first-order chi connectivity index (χ1) is 13.1. The number of rotatable bonds is 7. The predicted molar refractivity (Wildman–Crippen MR) is 104 cm³/mol. The van der Waals surface area contributed by atoms with E-state index in [0.717, 1.165) is 18.4 Å². The van der Waals surface area contributed by atoms with Crippen LogP contribution in [0.1, 0.15) is 41.6 Å². The van der Waals surface area contributed by atoms with Crippen molar-refractivity contribution in [3.63, 3.8) is 0 Å². The standard InChI is InChI=1S/C21H26N2O4/c1-25-18-10-8-14(21(24)23-16-5-3-4-6-16)11-20(18)27-17-9-7-15(13-22)19(12-17)26-2/h7-12,16H,3-6,13,22H2,1-2H3,(H,23,24). The number of methoxy groups -OCH3 is 2. The average molecular weight is 370 g/mol. The lowest BCUT2D eigenvalue weighted by atomic mass is 10.1. The Bertz CT molecular complexity index is 801. The Labute approximate surface area is 159 Å². The molecule has 0 bridgehead atoms. The first kappa shape index (κ1) is 19.0. The molecule has 1 aliphatic rings. The lowest BCUT2D eigenvalue weighted by Gasteiger charge is -2.15. The van der Waals surface area contributed by atoms with Gasteiger partial charge in [0.05, 0.1) is 14.2 Å². The normalized spacial score (nSPS) is 14.0. The van der Waals surface area contributed by atoms with Crippen molar-refractivity contribution in [2.24, 2.45) is 5.73 Å². The van der Waals surface area contributed by atoms with Crippen LogP contribution in [0.4, 0.5) is 0 Å². The van der Waals surface area contributed by atoms with Crippen LogP contribution in [0.15, 0.2) is 36.4 Å². The van der Waals surface area contributed by atoms with E-state index in [2.05, 4.69) is 5.32 Å². The molecule has 0 radical (unpaired) electrons. The van der Waals surface area contributed by atoms with E-state index in [0.29, 0.717) is 35.1 Å².